The predicted molar refractivity (Wildman–Crippen MR) is 67.2 cm³/mol. The van der Waals surface area contributed by atoms with Crippen LogP contribution in [0.15, 0.2) is 0 Å². The minimum Gasteiger partial charge on any atom is -0.395 e. The summed E-state index contributed by atoms with van der Waals surface area (Å²) in [6.45, 7) is 6.67. The Balaban J connectivity index is 4.85. The van der Waals surface area contributed by atoms with E-state index in [4.69, 9.17) is 5.11 Å². The molecule has 0 saturated carbocycles. The molecule has 4 heteroatoms. The molecule has 0 aromatic heterocycles. The molecule has 0 aliphatic heterocycles. The number of carbonyl (C=O) groups excluding carboxylic acids is 1. The highest BCUT2D eigenvalue weighted by atomic mass is 16.3. The molecule has 4 nitrogen and oxygen atoms in total. The van der Waals surface area contributed by atoms with Gasteiger partial charge in [-0.2, -0.15) is 5.26 Å². The molecular weight excluding hydrogens is 216 g/mol. The zero-order chi connectivity index (χ0) is 13.3. The molecule has 0 saturated heterocycles. The lowest BCUT2D eigenvalue weighted by atomic mass is 9.82. The maximum atomic E-state index is 12.3. The van der Waals surface area contributed by atoms with Gasteiger partial charge in [-0.25, -0.2) is 0 Å². The molecule has 0 aromatic carbocycles. The Kier molecular flexibility index (Phi) is 7.56. The van der Waals surface area contributed by atoms with E-state index in [1.807, 2.05) is 13.8 Å². The first-order chi connectivity index (χ1) is 8.11. The second-order valence-electron chi connectivity index (χ2n) is 4.27. The van der Waals surface area contributed by atoms with Gasteiger partial charge < -0.3 is 10.0 Å². The molecule has 0 aromatic rings. The van der Waals surface area contributed by atoms with Crippen molar-refractivity contribution in [3.05, 3.63) is 0 Å². The zero-order valence-electron chi connectivity index (χ0n) is 11.2. The number of aliphatic hydroxyl groups excluding tert-OH is 1. The first-order valence-corrected chi connectivity index (χ1v) is 6.43. The van der Waals surface area contributed by atoms with Gasteiger partial charge in [0.15, 0.2) is 0 Å². The molecule has 98 valence electrons. The number of aliphatic hydroxyl groups is 1. The van der Waals surface area contributed by atoms with Gasteiger partial charge in [0.1, 0.15) is 5.41 Å². The van der Waals surface area contributed by atoms with E-state index in [-0.39, 0.29) is 12.5 Å². The fraction of sp³-hybridized carbons (Fsp3) is 0.846. The topological polar surface area (TPSA) is 64.3 Å². The summed E-state index contributed by atoms with van der Waals surface area (Å²) in [5, 5.41) is 18.2. The summed E-state index contributed by atoms with van der Waals surface area (Å²) in [5.41, 5.74) is -0.914. The van der Waals surface area contributed by atoms with E-state index < -0.39 is 5.41 Å². The van der Waals surface area contributed by atoms with Crippen LogP contribution >= 0.6 is 0 Å². The molecule has 1 amide bonds. The summed E-state index contributed by atoms with van der Waals surface area (Å²) in [6.07, 6.45) is 2.94. The predicted octanol–water partition coefficient (Wildman–Crippen LogP) is 1.94. The normalized spacial score (nSPS) is 11.0. The molecule has 0 atom stereocenters. The summed E-state index contributed by atoms with van der Waals surface area (Å²) in [6, 6.07) is 2.16. The Morgan fingerprint density at radius 1 is 1.29 bits per heavy atom. The molecule has 0 heterocycles. The monoisotopic (exact) mass is 240 g/mol. The van der Waals surface area contributed by atoms with Crippen LogP contribution < -0.4 is 0 Å². The van der Waals surface area contributed by atoms with Crippen molar-refractivity contribution in [3.8, 4) is 6.07 Å². The zero-order valence-corrected chi connectivity index (χ0v) is 11.2. The molecule has 0 bridgehead atoms. The molecule has 0 aliphatic rings. The van der Waals surface area contributed by atoms with Gasteiger partial charge >= 0.3 is 0 Å². The Bertz CT molecular complexity index is 267. The van der Waals surface area contributed by atoms with Crippen molar-refractivity contribution in [3.63, 3.8) is 0 Å². The van der Waals surface area contributed by atoms with E-state index in [0.717, 1.165) is 12.8 Å². The average Bonchev–Trinajstić information content (AvgIpc) is 2.37. The highest BCUT2D eigenvalue weighted by Crippen LogP contribution is 2.28. The van der Waals surface area contributed by atoms with Crippen molar-refractivity contribution in [2.45, 2.75) is 46.5 Å². The summed E-state index contributed by atoms with van der Waals surface area (Å²) >= 11 is 0. The molecule has 17 heavy (non-hydrogen) atoms. The standard InChI is InChI=1S/C13H24N2O2/c1-4-7-8-15(9-10-16)12(17)13(5-2,6-3)11-14/h16H,4-10H2,1-3H3. The van der Waals surface area contributed by atoms with Gasteiger partial charge in [-0.05, 0) is 19.3 Å². The van der Waals surface area contributed by atoms with Gasteiger partial charge in [-0.1, -0.05) is 27.2 Å². The largest absolute Gasteiger partial charge is 0.395 e. The average molecular weight is 240 g/mol. The van der Waals surface area contributed by atoms with Gasteiger partial charge in [0.05, 0.1) is 12.7 Å². The van der Waals surface area contributed by atoms with Crippen LogP contribution in [0.25, 0.3) is 0 Å². The molecule has 0 aliphatic carbocycles. The Morgan fingerprint density at radius 3 is 2.24 bits per heavy atom. The van der Waals surface area contributed by atoms with Crippen LogP contribution in [-0.2, 0) is 4.79 Å². The first-order valence-electron chi connectivity index (χ1n) is 6.43. The third kappa shape index (κ3) is 4.01. The number of carbonyl (C=O) groups is 1. The minimum atomic E-state index is -0.914. The number of hydrogen-bond donors (Lipinski definition) is 1. The molecule has 0 spiro atoms. The highest BCUT2D eigenvalue weighted by molar-refractivity contribution is 5.85. The summed E-state index contributed by atoms with van der Waals surface area (Å²) in [4.78, 5) is 14.0. The van der Waals surface area contributed by atoms with Gasteiger partial charge in [0.25, 0.3) is 0 Å². The lowest BCUT2D eigenvalue weighted by molar-refractivity contribution is -0.140. The molecule has 0 rings (SSSR count). The summed E-state index contributed by atoms with van der Waals surface area (Å²) in [5.74, 6) is -0.132. The lowest BCUT2D eigenvalue weighted by Gasteiger charge is -2.30. The Labute approximate surface area is 104 Å². The van der Waals surface area contributed by atoms with Crippen LogP contribution in [0.3, 0.4) is 0 Å². The molecule has 0 radical (unpaired) electrons. The molecule has 0 unspecified atom stereocenters. The van der Waals surface area contributed by atoms with Crippen LogP contribution in [0.1, 0.15) is 46.5 Å². The number of unbranched alkanes of at least 4 members (excludes halogenated alkanes) is 1. The summed E-state index contributed by atoms with van der Waals surface area (Å²) < 4.78 is 0. The first kappa shape index (κ1) is 15.9. The van der Waals surface area contributed by atoms with E-state index in [0.29, 0.717) is 25.9 Å². The van der Waals surface area contributed by atoms with Crippen LogP contribution in [0.4, 0.5) is 0 Å². The van der Waals surface area contributed by atoms with Crippen molar-refractivity contribution in [1.82, 2.24) is 4.90 Å². The third-order valence-corrected chi connectivity index (χ3v) is 3.27. The number of nitriles is 1. The number of hydrogen-bond acceptors (Lipinski definition) is 3. The van der Waals surface area contributed by atoms with E-state index in [1.54, 1.807) is 4.90 Å². The van der Waals surface area contributed by atoms with Crippen molar-refractivity contribution in [1.29, 1.82) is 5.26 Å². The van der Waals surface area contributed by atoms with Crippen molar-refractivity contribution in [2.75, 3.05) is 19.7 Å². The number of rotatable bonds is 8. The Morgan fingerprint density at radius 2 is 1.88 bits per heavy atom. The maximum Gasteiger partial charge on any atom is 0.243 e. The van der Waals surface area contributed by atoms with Crippen LogP contribution in [0.5, 0.6) is 0 Å². The van der Waals surface area contributed by atoms with Crippen molar-refractivity contribution >= 4 is 5.91 Å². The second-order valence-corrected chi connectivity index (χ2v) is 4.27. The van der Waals surface area contributed by atoms with Crippen LogP contribution in [-0.4, -0.2) is 35.6 Å². The second kappa shape index (κ2) is 8.08. The fourth-order valence-corrected chi connectivity index (χ4v) is 1.85. The van der Waals surface area contributed by atoms with Crippen molar-refractivity contribution in [2.24, 2.45) is 5.41 Å². The van der Waals surface area contributed by atoms with Gasteiger partial charge in [0.2, 0.25) is 5.91 Å². The lowest BCUT2D eigenvalue weighted by Crippen LogP contribution is -2.44. The van der Waals surface area contributed by atoms with Crippen LogP contribution in [0.2, 0.25) is 0 Å². The molecule has 1 N–H and O–H groups in total. The fourth-order valence-electron chi connectivity index (χ4n) is 1.85. The van der Waals surface area contributed by atoms with E-state index in [2.05, 4.69) is 13.0 Å². The van der Waals surface area contributed by atoms with Gasteiger partial charge in [0, 0.05) is 13.1 Å². The Hall–Kier alpha value is -1.08. The molecule has 0 fully saturated rings. The van der Waals surface area contributed by atoms with Crippen molar-refractivity contribution < 1.29 is 9.90 Å². The van der Waals surface area contributed by atoms with E-state index in [1.165, 1.54) is 0 Å². The van der Waals surface area contributed by atoms with E-state index in [9.17, 15) is 10.1 Å². The van der Waals surface area contributed by atoms with Gasteiger partial charge in [-0.3, -0.25) is 4.79 Å². The SMILES string of the molecule is CCCCN(CCO)C(=O)C(C#N)(CC)CC. The van der Waals surface area contributed by atoms with Crippen LogP contribution in [0, 0.1) is 16.7 Å². The maximum absolute atomic E-state index is 12.3. The quantitative estimate of drug-likeness (QED) is 0.705. The smallest absolute Gasteiger partial charge is 0.243 e. The summed E-state index contributed by atoms with van der Waals surface area (Å²) in [7, 11) is 0. The third-order valence-electron chi connectivity index (χ3n) is 3.27. The minimum absolute atomic E-state index is 0.0512. The van der Waals surface area contributed by atoms with Gasteiger partial charge in [-0.15, -0.1) is 0 Å². The van der Waals surface area contributed by atoms with E-state index >= 15 is 0 Å². The molecular formula is C13H24N2O2. The number of nitrogens with zero attached hydrogens (tertiary/aromatic N) is 2. The highest BCUT2D eigenvalue weighted by Gasteiger charge is 2.37. The number of amides is 1.